The van der Waals surface area contributed by atoms with Gasteiger partial charge in [0.1, 0.15) is 6.04 Å². The number of aliphatic carboxylic acids is 1. The Morgan fingerprint density at radius 2 is 2.20 bits per heavy atom. The summed E-state index contributed by atoms with van der Waals surface area (Å²) in [5, 5.41) is 10.6. The van der Waals surface area contributed by atoms with Crippen LogP contribution in [0.3, 0.4) is 0 Å². The summed E-state index contributed by atoms with van der Waals surface area (Å²) in [5.74, 6) is -1.52. The maximum absolute atomic E-state index is 11.1. The third kappa shape index (κ3) is 3.52. The van der Waals surface area contributed by atoms with E-state index in [0.717, 1.165) is 0 Å². The molecule has 86 valence electrons. The molecule has 8 heteroatoms. The lowest BCUT2D eigenvalue weighted by Crippen LogP contribution is -2.54. The van der Waals surface area contributed by atoms with Crippen LogP contribution < -0.4 is 11.1 Å². The van der Waals surface area contributed by atoms with E-state index in [1.807, 2.05) is 0 Å². The van der Waals surface area contributed by atoms with Gasteiger partial charge in [0.05, 0.1) is 0 Å². The standard InChI is InChI=1S/C7H11N3O4.H2O/c8-4(6(12)13)3-10-2-1-5(11)9-7(10)14;/h4H,1-3,8H2,(H,12,13)(H,9,11,14);1H2. The van der Waals surface area contributed by atoms with Crippen molar-refractivity contribution >= 4 is 17.9 Å². The Morgan fingerprint density at radius 3 is 2.67 bits per heavy atom. The number of imide groups is 1. The molecular formula is C7H13N3O5. The maximum Gasteiger partial charge on any atom is 0.324 e. The highest BCUT2D eigenvalue weighted by Crippen LogP contribution is 2.00. The number of urea groups is 1. The lowest BCUT2D eigenvalue weighted by atomic mass is 10.2. The van der Waals surface area contributed by atoms with E-state index in [-0.39, 0.29) is 30.9 Å². The van der Waals surface area contributed by atoms with Crippen LogP contribution in [0.15, 0.2) is 0 Å². The summed E-state index contributed by atoms with van der Waals surface area (Å²) >= 11 is 0. The number of nitrogens with zero attached hydrogens (tertiary/aromatic N) is 1. The molecule has 1 heterocycles. The Morgan fingerprint density at radius 1 is 1.60 bits per heavy atom. The molecule has 1 saturated heterocycles. The van der Waals surface area contributed by atoms with Crippen molar-refractivity contribution in [1.82, 2.24) is 10.2 Å². The normalized spacial score (nSPS) is 17.8. The van der Waals surface area contributed by atoms with Crippen molar-refractivity contribution in [2.75, 3.05) is 13.1 Å². The third-order valence-corrected chi connectivity index (χ3v) is 1.88. The van der Waals surface area contributed by atoms with Gasteiger partial charge in [0.2, 0.25) is 5.91 Å². The zero-order valence-corrected chi connectivity index (χ0v) is 7.90. The van der Waals surface area contributed by atoms with Crippen LogP contribution in [-0.2, 0) is 9.59 Å². The summed E-state index contributed by atoms with van der Waals surface area (Å²) in [5.41, 5.74) is 5.24. The van der Waals surface area contributed by atoms with Crippen molar-refractivity contribution in [3.8, 4) is 0 Å². The fourth-order valence-corrected chi connectivity index (χ4v) is 1.09. The fraction of sp³-hybridized carbons (Fsp3) is 0.571. The van der Waals surface area contributed by atoms with Crippen LogP contribution in [0.4, 0.5) is 4.79 Å². The number of amides is 3. The molecule has 15 heavy (non-hydrogen) atoms. The number of carbonyl (C=O) groups is 3. The summed E-state index contributed by atoms with van der Waals surface area (Å²) in [6.45, 7) is 0.125. The van der Waals surface area contributed by atoms with E-state index in [1.54, 1.807) is 0 Å². The van der Waals surface area contributed by atoms with Crippen LogP contribution in [0, 0.1) is 0 Å². The molecular weight excluding hydrogens is 206 g/mol. The zero-order chi connectivity index (χ0) is 10.7. The number of carboxylic acid groups (broad SMARTS) is 1. The average Bonchev–Trinajstić information content (AvgIpc) is 2.09. The van der Waals surface area contributed by atoms with Gasteiger partial charge in [-0.15, -0.1) is 0 Å². The van der Waals surface area contributed by atoms with E-state index in [1.165, 1.54) is 4.90 Å². The highest BCUT2D eigenvalue weighted by Gasteiger charge is 2.26. The predicted octanol–water partition coefficient (Wildman–Crippen LogP) is -2.48. The van der Waals surface area contributed by atoms with E-state index in [9.17, 15) is 14.4 Å². The first-order valence-corrected chi connectivity index (χ1v) is 4.08. The lowest BCUT2D eigenvalue weighted by Gasteiger charge is -2.27. The van der Waals surface area contributed by atoms with Crippen molar-refractivity contribution in [2.24, 2.45) is 5.73 Å². The smallest absolute Gasteiger partial charge is 0.324 e. The van der Waals surface area contributed by atoms with Crippen LogP contribution in [0.25, 0.3) is 0 Å². The molecule has 1 atom stereocenters. The van der Waals surface area contributed by atoms with Gasteiger partial charge in [0.15, 0.2) is 0 Å². The van der Waals surface area contributed by atoms with Gasteiger partial charge in [0, 0.05) is 19.5 Å². The van der Waals surface area contributed by atoms with Gasteiger partial charge in [-0.1, -0.05) is 0 Å². The molecule has 1 aliphatic heterocycles. The minimum absolute atomic E-state index is 0. The van der Waals surface area contributed by atoms with E-state index in [2.05, 4.69) is 5.32 Å². The second-order valence-electron chi connectivity index (χ2n) is 2.99. The van der Waals surface area contributed by atoms with Crippen LogP contribution in [0.1, 0.15) is 6.42 Å². The second-order valence-corrected chi connectivity index (χ2v) is 2.99. The Kier molecular flexibility index (Phi) is 4.68. The Hall–Kier alpha value is -1.67. The molecule has 0 radical (unpaired) electrons. The quantitative estimate of drug-likeness (QED) is 0.481. The van der Waals surface area contributed by atoms with Gasteiger partial charge < -0.3 is 21.2 Å². The molecule has 0 aromatic heterocycles. The Bertz CT molecular complexity index is 280. The first-order chi connectivity index (χ1) is 6.50. The number of rotatable bonds is 3. The number of hydrogen-bond donors (Lipinski definition) is 3. The molecule has 8 nitrogen and oxygen atoms in total. The number of nitrogens with two attached hydrogens (primary N) is 1. The van der Waals surface area contributed by atoms with Crippen molar-refractivity contribution in [3.05, 3.63) is 0 Å². The van der Waals surface area contributed by atoms with Gasteiger partial charge in [-0.05, 0) is 0 Å². The molecule has 0 saturated carbocycles. The molecule has 1 aliphatic rings. The molecule has 1 rings (SSSR count). The van der Waals surface area contributed by atoms with Crippen LogP contribution in [-0.4, -0.2) is 52.5 Å². The van der Waals surface area contributed by atoms with E-state index >= 15 is 0 Å². The molecule has 0 aliphatic carbocycles. The van der Waals surface area contributed by atoms with E-state index in [4.69, 9.17) is 10.8 Å². The predicted molar refractivity (Wildman–Crippen MR) is 49.0 cm³/mol. The number of nitrogens with one attached hydrogen (secondary N) is 1. The zero-order valence-electron chi connectivity index (χ0n) is 7.90. The van der Waals surface area contributed by atoms with E-state index < -0.39 is 18.0 Å². The fourth-order valence-electron chi connectivity index (χ4n) is 1.09. The van der Waals surface area contributed by atoms with Gasteiger partial charge in [-0.3, -0.25) is 14.9 Å². The van der Waals surface area contributed by atoms with Gasteiger partial charge in [-0.2, -0.15) is 0 Å². The monoisotopic (exact) mass is 219 g/mol. The van der Waals surface area contributed by atoms with Gasteiger partial charge >= 0.3 is 12.0 Å². The summed E-state index contributed by atoms with van der Waals surface area (Å²) < 4.78 is 0. The van der Waals surface area contributed by atoms with Crippen molar-refractivity contribution in [2.45, 2.75) is 12.5 Å². The van der Waals surface area contributed by atoms with Crippen LogP contribution in [0.5, 0.6) is 0 Å². The molecule has 0 spiro atoms. The van der Waals surface area contributed by atoms with Crippen molar-refractivity contribution < 1.29 is 25.0 Å². The Labute approximate surface area is 85.3 Å². The topological polar surface area (TPSA) is 144 Å². The number of hydrogen-bond acceptors (Lipinski definition) is 4. The Balaban J connectivity index is 0.00000196. The van der Waals surface area contributed by atoms with Gasteiger partial charge in [-0.25, -0.2) is 4.79 Å². The maximum atomic E-state index is 11.1. The summed E-state index contributed by atoms with van der Waals surface area (Å²) in [4.78, 5) is 33.4. The van der Waals surface area contributed by atoms with E-state index in [0.29, 0.717) is 0 Å². The minimum atomic E-state index is -1.17. The lowest BCUT2D eigenvalue weighted by molar-refractivity contribution is -0.138. The summed E-state index contributed by atoms with van der Waals surface area (Å²) in [6, 6.07) is -1.70. The largest absolute Gasteiger partial charge is 0.480 e. The molecule has 0 aromatic carbocycles. The SMILES string of the molecule is NC(CN1CCC(=O)NC1=O)C(=O)O.O. The van der Waals surface area contributed by atoms with Gasteiger partial charge in [0.25, 0.3) is 0 Å². The van der Waals surface area contributed by atoms with Crippen LogP contribution >= 0.6 is 0 Å². The molecule has 0 bridgehead atoms. The molecule has 1 unspecified atom stereocenters. The molecule has 1 fully saturated rings. The number of carboxylic acids is 1. The van der Waals surface area contributed by atoms with Crippen molar-refractivity contribution in [3.63, 3.8) is 0 Å². The highest BCUT2D eigenvalue weighted by molar-refractivity contribution is 5.96. The highest BCUT2D eigenvalue weighted by atomic mass is 16.4. The molecule has 6 N–H and O–H groups in total. The third-order valence-electron chi connectivity index (χ3n) is 1.88. The minimum Gasteiger partial charge on any atom is -0.480 e. The van der Waals surface area contributed by atoms with Crippen LogP contribution in [0.2, 0.25) is 0 Å². The summed E-state index contributed by atoms with van der Waals surface area (Å²) in [6.07, 6.45) is 0.179. The first kappa shape index (κ1) is 13.3. The summed E-state index contributed by atoms with van der Waals surface area (Å²) in [7, 11) is 0. The average molecular weight is 219 g/mol. The number of carbonyl (C=O) groups excluding carboxylic acids is 2. The second kappa shape index (κ2) is 5.27. The van der Waals surface area contributed by atoms with Crippen molar-refractivity contribution in [1.29, 1.82) is 0 Å². The first-order valence-electron chi connectivity index (χ1n) is 4.08. The molecule has 0 aromatic rings. The molecule has 3 amide bonds.